The second kappa shape index (κ2) is 10.3. The van der Waals surface area contributed by atoms with Gasteiger partial charge in [0.05, 0.1) is 22.4 Å². The zero-order valence-electron chi connectivity index (χ0n) is 20.3. The molecule has 208 valence electrons. The predicted molar refractivity (Wildman–Crippen MR) is 128 cm³/mol. The highest BCUT2D eigenvalue weighted by Gasteiger charge is 2.40. The lowest BCUT2D eigenvalue weighted by Crippen LogP contribution is -2.37. The average molecular weight is 575 g/mol. The molecule has 1 heterocycles. The molecular weight excluding hydrogens is 553 g/mol. The Hall–Kier alpha value is -3.45. The van der Waals surface area contributed by atoms with Gasteiger partial charge in [-0.05, 0) is 59.9 Å². The third kappa shape index (κ3) is 5.93. The van der Waals surface area contributed by atoms with Gasteiger partial charge in [0, 0.05) is 18.8 Å². The van der Waals surface area contributed by atoms with Gasteiger partial charge < -0.3 is 5.32 Å². The zero-order chi connectivity index (χ0) is 28.8. The number of alkyl halides is 6. The molecule has 3 aromatic carbocycles. The molecule has 0 spiro atoms. The smallest absolute Gasteiger partial charge is 0.325 e. The van der Waals surface area contributed by atoms with Crippen LogP contribution in [0.3, 0.4) is 0 Å². The first kappa shape index (κ1) is 28.6. The summed E-state index contributed by atoms with van der Waals surface area (Å²) in [6, 6.07) is 9.32. The minimum Gasteiger partial charge on any atom is -0.325 e. The van der Waals surface area contributed by atoms with Crippen molar-refractivity contribution in [2.45, 2.75) is 43.6 Å². The number of halogens is 7. The number of aryl methyl sites for hydroxylation is 1. The van der Waals surface area contributed by atoms with E-state index in [-0.39, 0.29) is 25.1 Å². The van der Waals surface area contributed by atoms with Gasteiger partial charge in [-0.15, -0.1) is 0 Å². The van der Waals surface area contributed by atoms with Gasteiger partial charge in [-0.2, -0.15) is 30.6 Å². The summed E-state index contributed by atoms with van der Waals surface area (Å²) < 4.78 is 120. The molecule has 0 atom stereocenters. The number of anilines is 1. The summed E-state index contributed by atoms with van der Waals surface area (Å²) in [4.78, 5) is 11.8. The van der Waals surface area contributed by atoms with E-state index in [1.54, 1.807) is 19.1 Å². The van der Waals surface area contributed by atoms with Crippen molar-refractivity contribution in [3.8, 4) is 0 Å². The molecule has 0 bridgehead atoms. The number of nitrogens with one attached hydrogen (secondary N) is 1. The van der Waals surface area contributed by atoms with E-state index < -0.39 is 56.5 Å². The summed E-state index contributed by atoms with van der Waals surface area (Å²) >= 11 is 0. The molecule has 5 nitrogen and oxygen atoms in total. The molecule has 0 saturated carbocycles. The van der Waals surface area contributed by atoms with Crippen LogP contribution in [0.2, 0.25) is 0 Å². The number of rotatable bonds is 5. The van der Waals surface area contributed by atoms with Crippen LogP contribution in [0.5, 0.6) is 0 Å². The van der Waals surface area contributed by atoms with Crippen LogP contribution in [0.1, 0.15) is 33.4 Å². The van der Waals surface area contributed by atoms with Crippen molar-refractivity contribution in [1.82, 2.24) is 4.31 Å². The molecule has 39 heavy (non-hydrogen) atoms. The summed E-state index contributed by atoms with van der Waals surface area (Å²) in [5.74, 6) is -2.14. The number of benzene rings is 3. The van der Waals surface area contributed by atoms with Gasteiger partial charge in [0.1, 0.15) is 5.82 Å². The number of sulfonamides is 1. The summed E-state index contributed by atoms with van der Waals surface area (Å²) in [6.07, 6.45) is -10.1. The van der Waals surface area contributed by atoms with Crippen LogP contribution in [0.25, 0.3) is 0 Å². The van der Waals surface area contributed by atoms with Crippen LogP contribution >= 0.6 is 0 Å². The Kier molecular flexibility index (Phi) is 7.52. The molecule has 0 aliphatic carbocycles. The molecule has 0 aromatic heterocycles. The molecule has 0 saturated heterocycles. The maximum atomic E-state index is 13.9. The highest BCUT2D eigenvalue weighted by atomic mass is 32.2. The number of fused-ring (bicyclic) bond motifs is 1. The molecule has 1 amide bonds. The topological polar surface area (TPSA) is 66.5 Å². The second-order valence-electron chi connectivity index (χ2n) is 9.01. The lowest BCUT2D eigenvalue weighted by atomic mass is 9.95. The van der Waals surface area contributed by atoms with Gasteiger partial charge in [0.25, 0.3) is 0 Å². The van der Waals surface area contributed by atoms with Crippen LogP contribution in [0, 0.1) is 12.7 Å². The van der Waals surface area contributed by atoms with Crippen molar-refractivity contribution in [2.75, 3.05) is 11.9 Å². The van der Waals surface area contributed by atoms with E-state index in [9.17, 15) is 43.9 Å². The first-order chi connectivity index (χ1) is 18.1. The standard InChI is InChI=1S/C26H21F7N2O3S/c1-15-6-8-17-14-35(39(37,38)22-5-3-2-4-20(22)26(31,32)33)11-10-18(17)24(15)34-23(36)13-16-7-9-19(21(27)12-16)25(28,29)30/h2-9,12H,10-11,13-14H2,1H3,(H,34,36). The summed E-state index contributed by atoms with van der Waals surface area (Å²) in [7, 11) is -4.51. The van der Waals surface area contributed by atoms with Crippen molar-refractivity contribution < 1.29 is 43.9 Å². The first-order valence-electron chi connectivity index (χ1n) is 11.5. The maximum absolute atomic E-state index is 13.9. The molecular formula is C26H21F7N2O3S. The Morgan fingerprint density at radius 1 is 0.949 bits per heavy atom. The van der Waals surface area contributed by atoms with E-state index in [1.807, 2.05) is 0 Å². The van der Waals surface area contributed by atoms with Gasteiger partial charge in [0.2, 0.25) is 15.9 Å². The third-order valence-electron chi connectivity index (χ3n) is 6.35. The summed E-state index contributed by atoms with van der Waals surface area (Å²) in [5, 5.41) is 2.67. The minimum atomic E-state index is -4.87. The average Bonchev–Trinajstić information content (AvgIpc) is 2.84. The Morgan fingerprint density at radius 3 is 2.26 bits per heavy atom. The molecule has 1 aliphatic rings. The van der Waals surface area contributed by atoms with E-state index >= 15 is 0 Å². The lowest BCUT2D eigenvalue weighted by Gasteiger charge is -2.31. The fourth-order valence-corrected chi connectivity index (χ4v) is 6.09. The number of nitrogens with zero attached hydrogens (tertiary/aromatic N) is 1. The van der Waals surface area contributed by atoms with E-state index in [2.05, 4.69) is 5.32 Å². The van der Waals surface area contributed by atoms with Crippen molar-refractivity contribution in [3.63, 3.8) is 0 Å². The van der Waals surface area contributed by atoms with Gasteiger partial charge in [-0.1, -0.05) is 30.3 Å². The normalized spacial score (nSPS) is 14.7. The van der Waals surface area contributed by atoms with Gasteiger partial charge >= 0.3 is 12.4 Å². The van der Waals surface area contributed by atoms with Crippen LogP contribution in [0.15, 0.2) is 59.5 Å². The van der Waals surface area contributed by atoms with Crippen molar-refractivity contribution >= 4 is 21.6 Å². The zero-order valence-corrected chi connectivity index (χ0v) is 21.1. The number of amides is 1. The largest absolute Gasteiger partial charge is 0.419 e. The Balaban J connectivity index is 1.56. The van der Waals surface area contributed by atoms with Crippen LogP contribution in [-0.4, -0.2) is 25.2 Å². The van der Waals surface area contributed by atoms with E-state index in [0.29, 0.717) is 40.6 Å². The van der Waals surface area contributed by atoms with E-state index in [1.165, 1.54) is 6.07 Å². The second-order valence-corrected chi connectivity index (χ2v) is 10.9. The summed E-state index contributed by atoms with van der Waals surface area (Å²) in [6.45, 7) is 1.28. The highest BCUT2D eigenvalue weighted by molar-refractivity contribution is 7.89. The number of hydrogen-bond acceptors (Lipinski definition) is 3. The maximum Gasteiger partial charge on any atom is 0.419 e. The molecule has 13 heteroatoms. The minimum absolute atomic E-state index is 0.0149. The van der Waals surface area contributed by atoms with Gasteiger partial charge in [-0.25, -0.2) is 12.8 Å². The fourth-order valence-electron chi connectivity index (χ4n) is 4.46. The van der Waals surface area contributed by atoms with Gasteiger partial charge in [-0.3, -0.25) is 4.79 Å². The molecule has 4 rings (SSSR count). The molecule has 3 aromatic rings. The number of carbonyl (C=O) groups excluding carboxylic acids is 1. The first-order valence-corrected chi connectivity index (χ1v) is 13.0. The van der Waals surface area contributed by atoms with E-state index in [4.69, 9.17) is 0 Å². The van der Waals surface area contributed by atoms with Crippen LogP contribution in [-0.2, 0) is 46.6 Å². The van der Waals surface area contributed by atoms with Crippen molar-refractivity contribution in [2.24, 2.45) is 0 Å². The fraction of sp³-hybridized carbons (Fsp3) is 0.269. The SMILES string of the molecule is Cc1ccc2c(c1NC(=O)Cc1ccc(C(F)(F)F)c(F)c1)CCN(S(=O)(=O)c1ccccc1C(F)(F)F)C2. The molecule has 0 fully saturated rings. The highest BCUT2D eigenvalue weighted by Crippen LogP contribution is 2.37. The van der Waals surface area contributed by atoms with Crippen LogP contribution < -0.4 is 5.32 Å². The van der Waals surface area contributed by atoms with Crippen molar-refractivity contribution in [3.05, 3.63) is 93.8 Å². The summed E-state index contributed by atoms with van der Waals surface area (Å²) in [5.41, 5.74) is -0.684. The molecule has 0 unspecified atom stereocenters. The molecule has 1 aliphatic heterocycles. The lowest BCUT2D eigenvalue weighted by molar-refractivity contribution is -0.140. The van der Waals surface area contributed by atoms with E-state index in [0.717, 1.165) is 22.5 Å². The van der Waals surface area contributed by atoms with Crippen molar-refractivity contribution in [1.29, 1.82) is 0 Å². The quantitative estimate of drug-likeness (QED) is 0.375. The molecule has 0 radical (unpaired) electrons. The van der Waals surface area contributed by atoms with Crippen LogP contribution in [0.4, 0.5) is 36.4 Å². The Morgan fingerprint density at radius 2 is 1.62 bits per heavy atom. The number of hydrogen-bond donors (Lipinski definition) is 1. The number of carbonyl (C=O) groups is 1. The van der Waals surface area contributed by atoms with Gasteiger partial charge in [0.15, 0.2) is 0 Å². The predicted octanol–water partition coefficient (Wildman–Crippen LogP) is 6.10. The molecule has 1 N–H and O–H groups in total. The Labute approximate surface area is 219 Å². The third-order valence-corrected chi connectivity index (χ3v) is 8.26. The Bertz CT molecular complexity index is 1530. The monoisotopic (exact) mass is 574 g/mol.